The summed E-state index contributed by atoms with van der Waals surface area (Å²) in [6.45, 7) is 2.61. The lowest BCUT2D eigenvalue weighted by atomic mass is 10.1. The molecule has 0 aliphatic heterocycles. The Hall–Kier alpha value is -0.560. The van der Waals surface area contributed by atoms with Gasteiger partial charge in [-0.1, -0.05) is 76.2 Å². The molecule has 0 heterocycles. The molecule has 0 radical (unpaired) electrons. The van der Waals surface area contributed by atoms with Crippen molar-refractivity contribution in [1.29, 1.82) is 0 Å². The van der Waals surface area contributed by atoms with E-state index in [0.717, 1.165) is 6.42 Å². The molecule has 0 unspecified atom stereocenters. The molecule has 0 atom stereocenters. The second kappa shape index (κ2) is 17.4. The number of hydrogen-bond donors (Lipinski definition) is 1. The molecular weight excluding hydrogens is 232 g/mol. The third kappa shape index (κ3) is 17.4. The summed E-state index contributed by atoms with van der Waals surface area (Å²) in [6.07, 6.45) is 24.2. The van der Waals surface area contributed by atoms with E-state index < -0.39 is 0 Å². The van der Waals surface area contributed by atoms with Crippen molar-refractivity contribution in [3.63, 3.8) is 0 Å². The minimum Gasteiger partial charge on any atom is -0.396 e. The van der Waals surface area contributed by atoms with Gasteiger partial charge in [-0.05, 0) is 32.1 Å². The second-order valence-corrected chi connectivity index (χ2v) is 5.34. The summed E-state index contributed by atoms with van der Waals surface area (Å²) in [6, 6.07) is 0. The fourth-order valence-electron chi connectivity index (χ4n) is 2.12. The van der Waals surface area contributed by atoms with Gasteiger partial charge in [-0.2, -0.15) is 0 Å². The summed E-state index contributed by atoms with van der Waals surface area (Å²) in [4.78, 5) is 0. The zero-order valence-electron chi connectivity index (χ0n) is 12.9. The van der Waals surface area contributed by atoms with E-state index in [1.165, 1.54) is 70.6 Å². The fourth-order valence-corrected chi connectivity index (χ4v) is 2.12. The van der Waals surface area contributed by atoms with Gasteiger partial charge in [0.2, 0.25) is 0 Å². The molecule has 1 nitrogen and oxygen atoms in total. The molecule has 0 aliphatic rings. The van der Waals surface area contributed by atoms with Crippen LogP contribution in [0, 0.1) is 0 Å². The molecular formula is C18H34O. The molecule has 0 aliphatic carbocycles. The number of hydrogen-bond acceptors (Lipinski definition) is 1. The fraction of sp³-hybridized carbons (Fsp3) is 0.778. The van der Waals surface area contributed by atoms with E-state index in [1.54, 1.807) is 0 Å². The van der Waals surface area contributed by atoms with Crippen LogP contribution in [0.2, 0.25) is 0 Å². The van der Waals surface area contributed by atoms with Crippen molar-refractivity contribution >= 4 is 0 Å². The highest BCUT2D eigenvalue weighted by Crippen LogP contribution is 2.07. The van der Waals surface area contributed by atoms with Crippen LogP contribution in [0.3, 0.4) is 0 Å². The molecule has 1 heteroatoms. The van der Waals surface area contributed by atoms with Crippen molar-refractivity contribution in [1.82, 2.24) is 0 Å². The molecule has 0 saturated heterocycles. The number of aliphatic hydroxyl groups excluding tert-OH is 1. The minimum absolute atomic E-state index is 0.355. The quantitative estimate of drug-likeness (QED) is 0.311. The first-order valence-electron chi connectivity index (χ1n) is 8.34. The van der Waals surface area contributed by atoms with Gasteiger partial charge >= 0.3 is 0 Å². The second-order valence-electron chi connectivity index (χ2n) is 5.34. The Labute approximate surface area is 120 Å². The van der Waals surface area contributed by atoms with Crippen LogP contribution < -0.4 is 0 Å². The van der Waals surface area contributed by atoms with E-state index in [4.69, 9.17) is 5.11 Å². The molecule has 0 rings (SSSR count). The van der Waals surface area contributed by atoms with Gasteiger partial charge in [-0.15, -0.1) is 0 Å². The van der Waals surface area contributed by atoms with Crippen molar-refractivity contribution in [2.45, 2.75) is 84.0 Å². The Kier molecular flexibility index (Phi) is 16.9. The number of rotatable bonds is 14. The van der Waals surface area contributed by atoms with Crippen LogP contribution in [0.1, 0.15) is 84.0 Å². The van der Waals surface area contributed by atoms with Gasteiger partial charge in [-0.3, -0.25) is 0 Å². The maximum Gasteiger partial charge on any atom is 0.0431 e. The van der Waals surface area contributed by atoms with Crippen LogP contribution in [0.5, 0.6) is 0 Å². The summed E-state index contributed by atoms with van der Waals surface area (Å²) in [5.41, 5.74) is 0. The average molecular weight is 266 g/mol. The summed E-state index contributed by atoms with van der Waals surface area (Å²) in [5.74, 6) is 0. The minimum atomic E-state index is 0.355. The number of unbranched alkanes of at least 4 members (excludes halogenated alkanes) is 10. The summed E-state index contributed by atoms with van der Waals surface area (Å²) in [7, 11) is 0. The molecule has 0 fully saturated rings. The maximum atomic E-state index is 8.65. The molecule has 0 aromatic rings. The molecule has 0 bridgehead atoms. The van der Waals surface area contributed by atoms with Gasteiger partial charge in [0.15, 0.2) is 0 Å². The first kappa shape index (κ1) is 18.4. The SMILES string of the molecule is CCCCCC/C=C\C=C\CCCCCCCCO. The van der Waals surface area contributed by atoms with Gasteiger partial charge < -0.3 is 5.11 Å². The predicted octanol–water partition coefficient (Wildman–Crippen LogP) is 5.79. The first-order chi connectivity index (χ1) is 9.41. The van der Waals surface area contributed by atoms with Crippen LogP contribution in [-0.4, -0.2) is 11.7 Å². The lowest BCUT2D eigenvalue weighted by Crippen LogP contribution is -1.83. The van der Waals surface area contributed by atoms with Gasteiger partial charge in [0.1, 0.15) is 0 Å². The molecule has 0 saturated carbocycles. The third-order valence-corrected chi connectivity index (χ3v) is 3.39. The van der Waals surface area contributed by atoms with Crippen molar-refractivity contribution in [2.24, 2.45) is 0 Å². The lowest BCUT2D eigenvalue weighted by molar-refractivity contribution is 0.282. The maximum absolute atomic E-state index is 8.65. The van der Waals surface area contributed by atoms with Gasteiger partial charge in [0.25, 0.3) is 0 Å². The topological polar surface area (TPSA) is 20.2 Å². The van der Waals surface area contributed by atoms with Gasteiger partial charge in [0, 0.05) is 6.61 Å². The standard InChI is InChI=1S/C18H34O/c1-2-3-4-5-6-7-8-9-10-11-12-13-14-15-16-17-18-19/h7-10,19H,2-6,11-18H2,1H3/b8-7-,10-9+. The van der Waals surface area contributed by atoms with Crippen LogP contribution in [-0.2, 0) is 0 Å². The molecule has 0 aromatic carbocycles. The largest absolute Gasteiger partial charge is 0.396 e. The van der Waals surface area contributed by atoms with Crippen molar-refractivity contribution in [3.8, 4) is 0 Å². The van der Waals surface area contributed by atoms with Crippen molar-refractivity contribution < 1.29 is 5.11 Å². The molecule has 19 heavy (non-hydrogen) atoms. The normalized spacial score (nSPS) is 11.9. The van der Waals surface area contributed by atoms with Gasteiger partial charge in [-0.25, -0.2) is 0 Å². The van der Waals surface area contributed by atoms with Crippen LogP contribution in [0.15, 0.2) is 24.3 Å². The van der Waals surface area contributed by atoms with E-state index in [-0.39, 0.29) is 0 Å². The molecule has 0 amide bonds. The monoisotopic (exact) mass is 266 g/mol. The number of allylic oxidation sites excluding steroid dienone is 4. The van der Waals surface area contributed by atoms with E-state index in [9.17, 15) is 0 Å². The first-order valence-corrected chi connectivity index (χ1v) is 8.34. The molecule has 1 N–H and O–H groups in total. The predicted molar refractivity (Wildman–Crippen MR) is 86.4 cm³/mol. The van der Waals surface area contributed by atoms with Crippen LogP contribution in [0.4, 0.5) is 0 Å². The van der Waals surface area contributed by atoms with Crippen LogP contribution in [0.25, 0.3) is 0 Å². The Morgan fingerprint density at radius 1 is 0.632 bits per heavy atom. The average Bonchev–Trinajstić information content (AvgIpc) is 2.43. The zero-order valence-corrected chi connectivity index (χ0v) is 12.9. The van der Waals surface area contributed by atoms with Crippen LogP contribution >= 0.6 is 0 Å². The molecule has 112 valence electrons. The lowest BCUT2D eigenvalue weighted by Gasteiger charge is -1.98. The highest BCUT2D eigenvalue weighted by atomic mass is 16.2. The third-order valence-electron chi connectivity index (χ3n) is 3.39. The Morgan fingerprint density at radius 2 is 1.11 bits per heavy atom. The zero-order chi connectivity index (χ0) is 14.0. The van der Waals surface area contributed by atoms with E-state index in [1.807, 2.05) is 0 Å². The Bertz CT molecular complexity index is 206. The van der Waals surface area contributed by atoms with E-state index >= 15 is 0 Å². The summed E-state index contributed by atoms with van der Waals surface area (Å²) in [5, 5.41) is 8.65. The smallest absolute Gasteiger partial charge is 0.0431 e. The Morgan fingerprint density at radius 3 is 1.63 bits per heavy atom. The number of aliphatic hydroxyl groups is 1. The highest BCUT2D eigenvalue weighted by molar-refractivity contribution is 5.02. The summed E-state index contributed by atoms with van der Waals surface area (Å²) >= 11 is 0. The molecule has 0 aromatic heterocycles. The Balaban J connectivity index is 3.14. The summed E-state index contributed by atoms with van der Waals surface area (Å²) < 4.78 is 0. The highest BCUT2D eigenvalue weighted by Gasteiger charge is 1.89. The van der Waals surface area contributed by atoms with E-state index in [0.29, 0.717) is 6.61 Å². The molecule has 0 spiro atoms. The van der Waals surface area contributed by atoms with E-state index in [2.05, 4.69) is 31.2 Å². The van der Waals surface area contributed by atoms with Crippen molar-refractivity contribution in [3.05, 3.63) is 24.3 Å². The van der Waals surface area contributed by atoms with Crippen molar-refractivity contribution in [2.75, 3.05) is 6.61 Å². The van der Waals surface area contributed by atoms with Gasteiger partial charge in [0.05, 0.1) is 0 Å².